The Morgan fingerprint density at radius 1 is 1.00 bits per heavy atom. The third kappa shape index (κ3) is 5.06. The summed E-state index contributed by atoms with van der Waals surface area (Å²) in [7, 11) is 0. The number of hydrogen-bond acceptors (Lipinski definition) is 4. The van der Waals surface area contributed by atoms with Gasteiger partial charge in [-0.25, -0.2) is 0 Å². The van der Waals surface area contributed by atoms with Gasteiger partial charge in [0.05, 0.1) is 5.56 Å². The zero-order valence-corrected chi connectivity index (χ0v) is 14.9. The highest BCUT2D eigenvalue weighted by Gasteiger charge is 2.30. The number of amides is 1. The minimum atomic E-state index is -4.48. The molecule has 0 spiro atoms. The van der Waals surface area contributed by atoms with E-state index in [0.29, 0.717) is 12.4 Å². The number of benzene rings is 2. The van der Waals surface area contributed by atoms with Gasteiger partial charge in [0.2, 0.25) is 0 Å². The topological polar surface area (TPSA) is 66.9 Å². The van der Waals surface area contributed by atoms with E-state index in [9.17, 15) is 18.0 Å². The Hall–Kier alpha value is -3.42. The molecule has 0 saturated carbocycles. The Morgan fingerprint density at radius 2 is 1.75 bits per heavy atom. The predicted octanol–water partition coefficient (Wildman–Crippen LogP) is 4.67. The van der Waals surface area contributed by atoms with E-state index in [-0.39, 0.29) is 11.4 Å². The van der Waals surface area contributed by atoms with E-state index in [1.54, 1.807) is 6.07 Å². The van der Waals surface area contributed by atoms with E-state index >= 15 is 0 Å². The summed E-state index contributed by atoms with van der Waals surface area (Å²) in [5.41, 5.74) is 1.42. The molecule has 0 bridgehead atoms. The van der Waals surface area contributed by atoms with E-state index in [4.69, 9.17) is 0 Å². The first kappa shape index (κ1) is 19.3. The number of rotatable bonds is 5. The molecule has 1 aromatic heterocycles. The van der Waals surface area contributed by atoms with Crippen molar-refractivity contribution in [2.75, 3.05) is 10.6 Å². The Balaban J connectivity index is 1.61. The van der Waals surface area contributed by atoms with E-state index in [1.165, 1.54) is 23.8 Å². The Bertz CT molecular complexity index is 954. The van der Waals surface area contributed by atoms with Gasteiger partial charge in [-0.3, -0.25) is 4.79 Å². The molecule has 0 atom stereocenters. The molecule has 2 aromatic carbocycles. The first-order valence-corrected chi connectivity index (χ1v) is 8.43. The number of halogens is 3. The van der Waals surface area contributed by atoms with Crippen LogP contribution in [-0.4, -0.2) is 16.1 Å². The van der Waals surface area contributed by atoms with Crippen molar-refractivity contribution in [2.24, 2.45) is 0 Å². The van der Waals surface area contributed by atoms with Crippen LogP contribution in [0.3, 0.4) is 0 Å². The molecule has 3 rings (SSSR count). The fourth-order valence-corrected chi connectivity index (χ4v) is 2.41. The van der Waals surface area contributed by atoms with Crippen LogP contribution in [0.2, 0.25) is 0 Å². The van der Waals surface area contributed by atoms with Crippen molar-refractivity contribution in [3.05, 3.63) is 83.0 Å². The maximum Gasteiger partial charge on any atom is 0.416 e. The molecule has 0 unspecified atom stereocenters. The SMILES string of the molecule is Cc1ccc(CNc2ccc(C(=O)Nc3cccc(C(F)(F)F)c3)nn2)cc1. The van der Waals surface area contributed by atoms with Crippen LogP contribution in [0, 0.1) is 6.92 Å². The van der Waals surface area contributed by atoms with Crippen LogP contribution in [0.15, 0.2) is 60.7 Å². The van der Waals surface area contributed by atoms with Crippen molar-refractivity contribution in [1.29, 1.82) is 0 Å². The van der Waals surface area contributed by atoms with Crippen molar-refractivity contribution >= 4 is 17.4 Å². The second-order valence-corrected chi connectivity index (χ2v) is 6.18. The normalized spacial score (nSPS) is 11.1. The largest absolute Gasteiger partial charge is 0.416 e. The highest BCUT2D eigenvalue weighted by Crippen LogP contribution is 2.30. The third-order valence-electron chi connectivity index (χ3n) is 3.94. The minimum absolute atomic E-state index is 0.00158. The van der Waals surface area contributed by atoms with Crippen LogP contribution in [0.4, 0.5) is 24.7 Å². The first-order valence-electron chi connectivity index (χ1n) is 8.43. The fraction of sp³-hybridized carbons (Fsp3) is 0.150. The first-order chi connectivity index (χ1) is 13.3. The molecule has 0 radical (unpaired) electrons. The van der Waals surface area contributed by atoms with Crippen LogP contribution >= 0.6 is 0 Å². The fourth-order valence-electron chi connectivity index (χ4n) is 2.41. The molecule has 0 fully saturated rings. The monoisotopic (exact) mass is 386 g/mol. The van der Waals surface area contributed by atoms with Crippen molar-refractivity contribution < 1.29 is 18.0 Å². The van der Waals surface area contributed by atoms with Gasteiger partial charge in [0.15, 0.2) is 5.69 Å². The highest BCUT2D eigenvalue weighted by molar-refractivity contribution is 6.02. The van der Waals surface area contributed by atoms with Gasteiger partial charge in [-0.15, -0.1) is 10.2 Å². The van der Waals surface area contributed by atoms with Gasteiger partial charge in [-0.1, -0.05) is 35.9 Å². The molecule has 3 aromatic rings. The van der Waals surface area contributed by atoms with Crippen LogP contribution < -0.4 is 10.6 Å². The summed E-state index contributed by atoms with van der Waals surface area (Å²) in [5.74, 6) is -0.159. The van der Waals surface area contributed by atoms with Gasteiger partial charge in [0.25, 0.3) is 5.91 Å². The molecule has 1 heterocycles. The van der Waals surface area contributed by atoms with Gasteiger partial charge in [0.1, 0.15) is 5.82 Å². The molecule has 28 heavy (non-hydrogen) atoms. The Morgan fingerprint density at radius 3 is 2.39 bits per heavy atom. The number of alkyl halides is 3. The third-order valence-corrected chi connectivity index (χ3v) is 3.94. The molecule has 0 saturated heterocycles. The van der Waals surface area contributed by atoms with Crippen molar-refractivity contribution in [3.63, 3.8) is 0 Å². The minimum Gasteiger partial charge on any atom is -0.365 e. The summed E-state index contributed by atoms with van der Waals surface area (Å²) in [6.45, 7) is 2.55. The molecule has 5 nitrogen and oxygen atoms in total. The number of carbonyl (C=O) groups is 1. The summed E-state index contributed by atoms with van der Waals surface area (Å²) in [6, 6.07) is 15.4. The van der Waals surface area contributed by atoms with Crippen LogP contribution in [0.5, 0.6) is 0 Å². The highest BCUT2D eigenvalue weighted by atomic mass is 19.4. The molecule has 0 aliphatic rings. The molecule has 8 heteroatoms. The zero-order chi connectivity index (χ0) is 20.1. The van der Waals surface area contributed by atoms with Crippen molar-refractivity contribution in [3.8, 4) is 0 Å². The second-order valence-electron chi connectivity index (χ2n) is 6.18. The molecular formula is C20H17F3N4O. The summed E-state index contributed by atoms with van der Waals surface area (Å²) in [6.07, 6.45) is -4.48. The lowest BCUT2D eigenvalue weighted by atomic mass is 10.1. The van der Waals surface area contributed by atoms with Crippen molar-refractivity contribution in [2.45, 2.75) is 19.6 Å². The van der Waals surface area contributed by atoms with Gasteiger partial charge >= 0.3 is 6.18 Å². The molecule has 144 valence electrons. The molecular weight excluding hydrogens is 369 g/mol. The zero-order valence-electron chi connectivity index (χ0n) is 14.9. The Labute approximate surface area is 159 Å². The maximum atomic E-state index is 12.7. The number of hydrogen-bond donors (Lipinski definition) is 2. The lowest BCUT2D eigenvalue weighted by molar-refractivity contribution is -0.137. The Kier molecular flexibility index (Phi) is 5.58. The summed E-state index contributed by atoms with van der Waals surface area (Å²) in [5, 5.41) is 13.2. The average Bonchev–Trinajstić information content (AvgIpc) is 2.67. The number of aryl methyl sites for hydroxylation is 1. The summed E-state index contributed by atoms with van der Waals surface area (Å²) in [4.78, 5) is 12.2. The van der Waals surface area contributed by atoms with Crippen LogP contribution in [0.1, 0.15) is 27.2 Å². The molecule has 0 aliphatic carbocycles. The summed E-state index contributed by atoms with van der Waals surface area (Å²) < 4.78 is 38.2. The van der Waals surface area contributed by atoms with Gasteiger partial charge < -0.3 is 10.6 Å². The summed E-state index contributed by atoms with van der Waals surface area (Å²) >= 11 is 0. The van der Waals surface area contributed by atoms with E-state index in [0.717, 1.165) is 17.7 Å². The number of aromatic nitrogens is 2. The lowest BCUT2D eigenvalue weighted by Crippen LogP contribution is -2.15. The molecule has 1 amide bonds. The van der Waals surface area contributed by atoms with E-state index in [2.05, 4.69) is 20.8 Å². The quantitative estimate of drug-likeness (QED) is 0.669. The number of carbonyl (C=O) groups excluding carboxylic acids is 1. The van der Waals surface area contributed by atoms with E-state index in [1.807, 2.05) is 31.2 Å². The van der Waals surface area contributed by atoms with Gasteiger partial charge in [0, 0.05) is 12.2 Å². The number of nitrogens with one attached hydrogen (secondary N) is 2. The second kappa shape index (κ2) is 8.08. The maximum absolute atomic E-state index is 12.7. The van der Waals surface area contributed by atoms with Crippen LogP contribution in [-0.2, 0) is 12.7 Å². The number of anilines is 2. The standard InChI is InChI=1S/C20H17F3N4O/c1-13-5-7-14(8-6-13)12-24-18-10-9-17(26-27-18)19(28)25-16-4-2-3-15(11-16)20(21,22)23/h2-11H,12H2,1H3,(H,24,27)(H,25,28). The lowest BCUT2D eigenvalue weighted by Gasteiger charge is -2.10. The average molecular weight is 386 g/mol. The van der Waals surface area contributed by atoms with Gasteiger partial charge in [-0.05, 0) is 42.8 Å². The predicted molar refractivity (Wildman–Crippen MR) is 99.9 cm³/mol. The molecule has 2 N–H and O–H groups in total. The molecule has 0 aliphatic heterocycles. The number of nitrogens with zero attached hydrogens (tertiary/aromatic N) is 2. The smallest absolute Gasteiger partial charge is 0.365 e. The van der Waals surface area contributed by atoms with E-state index < -0.39 is 17.6 Å². The van der Waals surface area contributed by atoms with Crippen LogP contribution in [0.25, 0.3) is 0 Å². The van der Waals surface area contributed by atoms with Gasteiger partial charge in [-0.2, -0.15) is 13.2 Å². The van der Waals surface area contributed by atoms with Crippen molar-refractivity contribution in [1.82, 2.24) is 10.2 Å².